The third-order valence-electron chi connectivity index (χ3n) is 3.22. The Morgan fingerprint density at radius 3 is 2.25 bits per heavy atom. The second kappa shape index (κ2) is 5.78. The van der Waals surface area contributed by atoms with E-state index in [0.717, 1.165) is 16.9 Å². The smallest absolute Gasteiger partial charge is 0.248 e. The number of aryl methyl sites for hydroxylation is 3. The van der Waals surface area contributed by atoms with Crippen LogP contribution in [0.3, 0.4) is 0 Å². The van der Waals surface area contributed by atoms with Crippen molar-refractivity contribution in [3.05, 3.63) is 64.2 Å². The first-order valence-corrected chi connectivity index (χ1v) is 6.56. The van der Waals surface area contributed by atoms with Crippen LogP contribution in [0, 0.1) is 20.8 Å². The Morgan fingerprint density at radius 2 is 1.70 bits per heavy atom. The lowest BCUT2D eigenvalue weighted by Gasteiger charge is -2.11. The molecule has 0 fully saturated rings. The minimum atomic E-state index is -0.408. The summed E-state index contributed by atoms with van der Waals surface area (Å²) in [5, 5.41) is 0. The first kappa shape index (κ1) is 14.1. The van der Waals surface area contributed by atoms with Crippen molar-refractivity contribution < 1.29 is 9.53 Å². The highest BCUT2D eigenvalue weighted by Crippen LogP contribution is 2.19. The average molecular weight is 269 g/mol. The zero-order chi connectivity index (χ0) is 14.7. The summed E-state index contributed by atoms with van der Waals surface area (Å²) in [5.41, 5.74) is 10.2. The molecule has 20 heavy (non-hydrogen) atoms. The number of hydrogen-bond acceptors (Lipinski definition) is 2. The Kier molecular flexibility index (Phi) is 4.08. The highest BCUT2D eigenvalue weighted by molar-refractivity contribution is 5.93. The molecule has 2 aromatic rings. The SMILES string of the molecule is Cc1cc(C)cc(OCc2ccc(C(N)=O)cc2C)c1. The van der Waals surface area contributed by atoms with Crippen LogP contribution in [0.5, 0.6) is 5.75 Å². The topological polar surface area (TPSA) is 52.3 Å². The Labute approximate surface area is 119 Å². The van der Waals surface area contributed by atoms with Crippen LogP contribution in [0.2, 0.25) is 0 Å². The number of amides is 1. The summed E-state index contributed by atoms with van der Waals surface area (Å²) in [5.74, 6) is 0.454. The van der Waals surface area contributed by atoms with Gasteiger partial charge in [0.25, 0.3) is 0 Å². The van der Waals surface area contributed by atoms with Gasteiger partial charge in [-0.3, -0.25) is 4.79 Å². The Balaban J connectivity index is 2.12. The maximum atomic E-state index is 11.1. The summed E-state index contributed by atoms with van der Waals surface area (Å²) < 4.78 is 5.82. The number of nitrogens with two attached hydrogens (primary N) is 1. The van der Waals surface area contributed by atoms with Gasteiger partial charge in [0.15, 0.2) is 0 Å². The van der Waals surface area contributed by atoms with Crippen LogP contribution in [0.1, 0.15) is 32.6 Å². The highest BCUT2D eigenvalue weighted by Gasteiger charge is 2.05. The van der Waals surface area contributed by atoms with E-state index in [1.165, 1.54) is 11.1 Å². The van der Waals surface area contributed by atoms with Gasteiger partial charge in [0.1, 0.15) is 12.4 Å². The molecule has 1 amide bonds. The molecule has 0 aromatic heterocycles. The van der Waals surface area contributed by atoms with Gasteiger partial charge in [-0.2, -0.15) is 0 Å². The predicted molar refractivity (Wildman–Crippen MR) is 79.9 cm³/mol. The van der Waals surface area contributed by atoms with Crippen molar-refractivity contribution in [2.75, 3.05) is 0 Å². The summed E-state index contributed by atoms with van der Waals surface area (Å²) in [4.78, 5) is 11.1. The first-order chi connectivity index (χ1) is 9.45. The molecular formula is C17H19NO2. The highest BCUT2D eigenvalue weighted by atomic mass is 16.5. The van der Waals surface area contributed by atoms with Crippen molar-refractivity contribution in [2.24, 2.45) is 5.73 Å². The van der Waals surface area contributed by atoms with Crippen LogP contribution >= 0.6 is 0 Å². The molecule has 0 radical (unpaired) electrons. The van der Waals surface area contributed by atoms with Gasteiger partial charge in [-0.15, -0.1) is 0 Å². The number of carbonyl (C=O) groups excluding carboxylic acids is 1. The van der Waals surface area contributed by atoms with Gasteiger partial charge in [0, 0.05) is 5.56 Å². The molecule has 0 aliphatic rings. The zero-order valence-electron chi connectivity index (χ0n) is 12.1. The largest absolute Gasteiger partial charge is 0.489 e. The van der Waals surface area contributed by atoms with E-state index in [-0.39, 0.29) is 0 Å². The Morgan fingerprint density at radius 1 is 1.05 bits per heavy atom. The minimum absolute atomic E-state index is 0.408. The van der Waals surface area contributed by atoms with Gasteiger partial charge in [-0.25, -0.2) is 0 Å². The summed E-state index contributed by atoms with van der Waals surface area (Å²) >= 11 is 0. The predicted octanol–water partition coefficient (Wildman–Crippen LogP) is 3.29. The van der Waals surface area contributed by atoms with E-state index in [2.05, 4.69) is 6.07 Å². The average Bonchev–Trinajstić information content (AvgIpc) is 2.36. The number of benzene rings is 2. The van der Waals surface area contributed by atoms with Crippen molar-refractivity contribution in [1.82, 2.24) is 0 Å². The molecular weight excluding hydrogens is 250 g/mol. The van der Waals surface area contributed by atoms with Crippen LogP contribution in [0.15, 0.2) is 36.4 Å². The summed E-state index contributed by atoms with van der Waals surface area (Å²) in [7, 11) is 0. The van der Waals surface area contributed by atoms with Crippen LogP contribution in [-0.2, 0) is 6.61 Å². The summed E-state index contributed by atoms with van der Waals surface area (Å²) in [6.45, 7) is 6.53. The third-order valence-corrected chi connectivity index (χ3v) is 3.22. The van der Waals surface area contributed by atoms with Crippen molar-refractivity contribution in [2.45, 2.75) is 27.4 Å². The van der Waals surface area contributed by atoms with E-state index in [1.807, 2.05) is 39.0 Å². The lowest BCUT2D eigenvalue weighted by atomic mass is 10.1. The van der Waals surface area contributed by atoms with Gasteiger partial charge >= 0.3 is 0 Å². The molecule has 3 nitrogen and oxygen atoms in total. The number of hydrogen-bond donors (Lipinski definition) is 1. The molecule has 0 aliphatic heterocycles. The third kappa shape index (κ3) is 3.38. The number of ether oxygens (including phenoxy) is 1. The maximum Gasteiger partial charge on any atom is 0.248 e. The molecule has 0 aliphatic carbocycles. The zero-order valence-corrected chi connectivity index (χ0v) is 12.1. The molecule has 0 atom stereocenters. The summed E-state index contributed by atoms with van der Waals surface area (Å²) in [6, 6.07) is 11.6. The Bertz CT molecular complexity index is 627. The van der Waals surface area contributed by atoms with E-state index >= 15 is 0 Å². The molecule has 0 saturated heterocycles. The van der Waals surface area contributed by atoms with Crippen molar-refractivity contribution in [3.63, 3.8) is 0 Å². The van der Waals surface area contributed by atoms with Crippen LogP contribution in [-0.4, -0.2) is 5.91 Å². The number of primary amides is 1. The van der Waals surface area contributed by atoms with E-state index < -0.39 is 5.91 Å². The second-order valence-electron chi connectivity index (χ2n) is 5.12. The van der Waals surface area contributed by atoms with Gasteiger partial charge in [-0.1, -0.05) is 12.1 Å². The van der Waals surface area contributed by atoms with Gasteiger partial charge in [0.2, 0.25) is 5.91 Å². The fourth-order valence-corrected chi connectivity index (χ4v) is 2.19. The van der Waals surface area contributed by atoms with E-state index in [9.17, 15) is 4.79 Å². The van der Waals surface area contributed by atoms with Crippen molar-refractivity contribution >= 4 is 5.91 Å². The second-order valence-corrected chi connectivity index (χ2v) is 5.12. The monoisotopic (exact) mass is 269 g/mol. The van der Waals surface area contributed by atoms with Crippen LogP contribution in [0.25, 0.3) is 0 Å². The minimum Gasteiger partial charge on any atom is -0.489 e. The fraction of sp³-hybridized carbons (Fsp3) is 0.235. The van der Waals surface area contributed by atoms with Crippen LogP contribution < -0.4 is 10.5 Å². The molecule has 0 spiro atoms. The van der Waals surface area contributed by atoms with Gasteiger partial charge < -0.3 is 10.5 Å². The first-order valence-electron chi connectivity index (χ1n) is 6.56. The maximum absolute atomic E-state index is 11.1. The van der Waals surface area contributed by atoms with E-state index in [0.29, 0.717) is 12.2 Å². The molecule has 3 heteroatoms. The lowest BCUT2D eigenvalue weighted by molar-refractivity contribution is 0.1000. The quantitative estimate of drug-likeness (QED) is 0.926. The molecule has 104 valence electrons. The normalized spacial score (nSPS) is 10.3. The molecule has 0 bridgehead atoms. The molecule has 2 N–H and O–H groups in total. The van der Waals surface area contributed by atoms with Gasteiger partial charge in [-0.05, 0) is 67.3 Å². The lowest BCUT2D eigenvalue weighted by Crippen LogP contribution is -2.11. The summed E-state index contributed by atoms with van der Waals surface area (Å²) in [6.07, 6.45) is 0. The van der Waals surface area contributed by atoms with E-state index in [1.54, 1.807) is 12.1 Å². The standard InChI is InChI=1S/C17H19NO2/c1-11-6-12(2)8-16(7-11)20-10-15-5-4-14(17(18)19)9-13(15)3/h4-9H,10H2,1-3H3,(H2,18,19). The van der Waals surface area contributed by atoms with Gasteiger partial charge in [0.05, 0.1) is 0 Å². The fourth-order valence-electron chi connectivity index (χ4n) is 2.19. The Hall–Kier alpha value is -2.29. The van der Waals surface area contributed by atoms with E-state index in [4.69, 9.17) is 10.5 Å². The van der Waals surface area contributed by atoms with Crippen LogP contribution in [0.4, 0.5) is 0 Å². The molecule has 0 heterocycles. The molecule has 2 aromatic carbocycles. The van der Waals surface area contributed by atoms with Crippen molar-refractivity contribution in [3.8, 4) is 5.75 Å². The van der Waals surface area contributed by atoms with Crippen molar-refractivity contribution in [1.29, 1.82) is 0 Å². The molecule has 2 rings (SSSR count). The number of carbonyl (C=O) groups is 1. The number of rotatable bonds is 4. The molecule has 0 unspecified atom stereocenters. The molecule has 0 saturated carbocycles.